The SMILES string of the molecule is CCOc1ccccc1OCCCOc1ccc(Cl)cc1Br. The Morgan fingerprint density at radius 2 is 1.55 bits per heavy atom. The first-order valence-electron chi connectivity index (χ1n) is 7.13. The third kappa shape index (κ3) is 5.11. The van der Waals surface area contributed by atoms with Crippen molar-refractivity contribution in [3.63, 3.8) is 0 Å². The molecule has 0 heterocycles. The van der Waals surface area contributed by atoms with Gasteiger partial charge in [0, 0.05) is 11.4 Å². The van der Waals surface area contributed by atoms with Crippen LogP contribution in [0.15, 0.2) is 46.9 Å². The van der Waals surface area contributed by atoms with Crippen LogP contribution < -0.4 is 14.2 Å². The quantitative estimate of drug-likeness (QED) is 0.573. The van der Waals surface area contributed by atoms with Crippen LogP contribution in [-0.2, 0) is 0 Å². The number of ether oxygens (including phenoxy) is 3. The van der Waals surface area contributed by atoms with Crippen LogP contribution in [0.25, 0.3) is 0 Å². The lowest BCUT2D eigenvalue weighted by Gasteiger charge is -2.12. The van der Waals surface area contributed by atoms with Crippen molar-refractivity contribution in [2.24, 2.45) is 0 Å². The van der Waals surface area contributed by atoms with E-state index in [2.05, 4.69) is 15.9 Å². The summed E-state index contributed by atoms with van der Waals surface area (Å²) in [6, 6.07) is 13.1. The maximum Gasteiger partial charge on any atom is 0.161 e. The summed E-state index contributed by atoms with van der Waals surface area (Å²) in [5, 5.41) is 0.676. The molecule has 0 amide bonds. The van der Waals surface area contributed by atoms with E-state index in [1.807, 2.05) is 43.3 Å². The maximum atomic E-state index is 5.89. The van der Waals surface area contributed by atoms with Gasteiger partial charge in [-0.25, -0.2) is 0 Å². The second kappa shape index (κ2) is 8.91. The highest BCUT2D eigenvalue weighted by atomic mass is 79.9. The van der Waals surface area contributed by atoms with Crippen molar-refractivity contribution >= 4 is 27.5 Å². The van der Waals surface area contributed by atoms with Gasteiger partial charge >= 0.3 is 0 Å². The fourth-order valence-corrected chi connectivity index (χ4v) is 2.66. The summed E-state index contributed by atoms with van der Waals surface area (Å²) >= 11 is 9.31. The van der Waals surface area contributed by atoms with Crippen LogP contribution in [0, 0.1) is 0 Å². The number of para-hydroxylation sites is 2. The minimum Gasteiger partial charge on any atom is -0.492 e. The first kappa shape index (κ1) is 17.0. The van der Waals surface area contributed by atoms with E-state index in [1.54, 1.807) is 6.07 Å². The van der Waals surface area contributed by atoms with Gasteiger partial charge in [-0.2, -0.15) is 0 Å². The van der Waals surface area contributed by atoms with Crippen LogP contribution in [-0.4, -0.2) is 19.8 Å². The molecule has 2 rings (SSSR count). The minimum absolute atomic E-state index is 0.565. The molecule has 2 aromatic carbocycles. The second-order valence-electron chi connectivity index (χ2n) is 4.50. The Hall–Kier alpha value is -1.39. The lowest BCUT2D eigenvalue weighted by atomic mass is 10.3. The molecule has 0 fully saturated rings. The molecule has 5 heteroatoms. The van der Waals surface area contributed by atoms with Crippen LogP contribution in [0.5, 0.6) is 17.2 Å². The summed E-state index contributed by atoms with van der Waals surface area (Å²) in [6.45, 7) is 3.70. The lowest BCUT2D eigenvalue weighted by Crippen LogP contribution is -2.06. The highest BCUT2D eigenvalue weighted by molar-refractivity contribution is 9.10. The van der Waals surface area contributed by atoms with E-state index in [4.69, 9.17) is 25.8 Å². The number of halogens is 2. The Morgan fingerprint density at radius 1 is 0.909 bits per heavy atom. The van der Waals surface area contributed by atoms with E-state index in [0.29, 0.717) is 24.8 Å². The van der Waals surface area contributed by atoms with Gasteiger partial charge in [-0.15, -0.1) is 0 Å². The molecule has 118 valence electrons. The van der Waals surface area contributed by atoms with Crippen molar-refractivity contribution in [1.82, 2.24) is 0 Å². The minimum atomic E-state index is 0.565. The molecule has 2 aromatic rings. The largest absolute Gasteiger partial charge is 0.492 e. The number of benzene rings is 2. The van der Waals surface area contributed by atoms with Gasteiger partial charge in [0.15, 0.2) is 11.5 Å². The summed E-state index contributed by atoms with van der Waals surface area (Å²) in [4.78, 5) is 0. The van der Waals surface area contributed by atoms with Crippen molar-refractivity contribution in [2.45, 2.75) is 13.3 Å². The molecular formula is C17H18BrClO3. The highest BCUT2D eigenvalue weighted by Gasteiger charge is 2.04. The van der Waals surface area contributed by atoms with E-state index in [1.165, 1.54) is 0 Å². The molecule has 0 radical (unpaired) electrons. The standard InChI is InChI=1S/C17H18BrClO3/c1-2-20-16-6-3-4-7-17(16)22-11-5-10-21-15-9-8-13(19)12-14(15)18/h3-4,6-9,12H,2,5,10-11H2,1H3. The van der Waals surface area contributed by atoms with E-state index >= 15 is 0 Å². The number of hydrogen-bond acceptors (Lipinski definition) is 3. The number of rotatable bonds is 8. The molecular weight excluding hydrogens is 368 g/mol. The van der Waals surface area contributed by atoms with Crippen molar-refractivity contribution in [1.29, 1.82) is 0 Å². The van der Waals surface area contributed by atoms with Crippen molar-refractivity contribution < 1.29 is 14.2 Å². The van der Waals surface area contributed by atoms with Gasteiger partial charge < -0.3 is 14.2 Å². The van der Waals surface area contributed by atoms with Crippen LogP contribution in [0.3, 0.4) is 0 Å². The van der Waals surface area contributed by atoms with Crippen molar-refractivity contribution in [2.75, 3.05) is 19.8 Å². The molecule has 3 nitrogen and oxygen atoms in total. The van der Waals surface area contributed by atoms with Gasteiger partial charge in [-0.3, -0.25) is 0 Å². The lowest BCUT2D eigenvalue weighted by molar-refractivity contribution is 0.235. The fraction of sp³-hybridized carbons (Fsp3) is 0.294. The van der Waals surface area contributed by atoms with Gasteiger partial charge in [-0.1, -0.05) is 23.7 Å². The normalized spacial score (nSPS) is 10.3. The first-order valence-corrected chi connectivity index (χ1v) is 8.30. The molecule has 0 spiro atoms. The van der Waals surface area contributed by atoms with Crippen LogP contribution in [0.4, 0.5) is 0 Å². The third-order valence-electron chi connectivity index (χ3n) is 2.85. The Bertz CT molecular complexity index is 604. The predicted molar refractivity (Wildman–Crippen MR) is 92.4 cm³/mol. The van der Waals surface area contributed by atoms with Crippen LogP contribution in [0.2, 0.25) is 5.02 Å². The zero-order chi connectivity index (χ0) is 15.8. The summed E-state index contributed by atoms with van der Waals surface area (Å²) in [5.74, 6) is 2.31. The maximum absolute atomic E-state index is 5.89. The molecule has 0 unspecified atom stereocenters. The Balaban J connectivity index is 1.75. The molecule has 0 saturated heterocycles. The van der Waals surface area contributed by atoms with E-state index in [-0.39, 0.29) is 0 Å². The van der Waals surface area contributed by atoms with E-state index in [9.17, 15) is 0 Å². The molecule has 0 aliphatic carbocycles. The smallest absolute Gasteiger partial charge is 0.161 e. The van der Waals surface area contributed by atoms with Crippen molar-refractivity contribution in [3.8, 4) is 17.2 Å². The average Bonchev–Trinajstić information content (AvgIpc) is 2.51. The van der Waals surface area contributed by atoms with Crippen LogP contribution >= 0.6 is 27.5 Å². The highest BCUT2D eigenvalue weighted by Crippen LogP contribution is 2.28. The predicted octanol–water partition coefficient (Wildman–Crippen LogP) is 5.35. The Kier molecular flexibility index (Phi) is 6.87. The molecule has 0 aromatic heterocycles. The van der Waals surface area contributed by atoms with Gasteiger partial charge in [-0.05, 0) is 53.2 Å². The van der Waals surface area contributed by atoms with E-state index in [0.717, 1.165) is 28.1 Å². The van der Waals surface area contributed by atoms with E-state index < -0.39 is 0 Å². The molecule has 0 N–H and O–H groups in total. The van der Waals surface area contributed by atoms with Gasteiger partial charge in [0.05, 0.1) is 24.3 Å². The number of hydrogen-bond donors (Lipinski definition) is 0. The summed E-state index contributed by atoms with van der Waals surface area (Å²) in [5.41, 5.74) is 0. The second-order valence-corrected chi connectivity index (χ2v) is 5.80. The zero-order valence-corrected chi connectivity index (χ0v) is 14.7. The summed E-state index contributed by atoms with van der Waals surface area (Å²) in [7, 11) is 0. The Labute approximate surface area is 144 Å². The van der Waals surface area contributed by atoms with Crippen LogP contribution in [0.1, 0.15) is 13.3 Å². The molecule has 0 aliphatic rings. The molecule has 0 atom stereocenters. The average molecular weight is 386 g/mol. The van der Waals surface area contributed by atoms with Gasteiger partial charge in [0.25, 0.3) is 0 Å². The summed E-state index contributed by atoms with van der Waals surface area (Å²) < 4.78 is 17.8. The molecule has 0 saturated carbocycles. The molecule has 0 aliphatic heterocycles. The third-order valence-corrected chi connectivity index (χ3v) is 3.70. The first-order chi connectivity index (χ1) is 10.7. The fourth-order valence-electron chi connectivity index (χ4n) is 1.86. The topological polar surface area (TPSA) is 27.7 Å². The van der Waals surface area contributed by atoms with Gasteiger partial charge in [0.1, 0.15) is 5.75 Å². The monoisotopic (exact) mass is 384 g/mol. The molecule has 0 bridgehead atoms. The zero-order valence-electron chi connectivity index (χ0n) is 12.4. The van der Waals surface area contributed by atoms with Crippen molar-refractivity contribution in [3.05, 3.63) is 52.0 Å². The summed E-state index contributed by atoms with van der Waals surface area (Å²) in [6.07, 6.45) is 0.773. The molecule has 22 heavy (non-hydrogen) atoms. The van der Waals surface area contributed by atoms with Gasteiger partial charge in [0.2, 0.25) is 0 Å². The Morgan fingerprint density at radius 3 is 2.18 bits per heavy atom.